The van der Waals surface area contributed by atoms with Crippen molar-refractivity contribution in [2.75, 3.05) is 26.3 Å². The molecule has 3 rings (SSSR count). The summed E-state index contributed by atoms with van der Waals surface area (Å²) < 4.78 is 6.90. The van der Waals surface area contributed by atoms with Crippen LogP contribution in [0.15, 0.2) is 29.5 Å². The minimum Gasteiger partial charge on any atom is -0.379 e. The van der Waals surface area contributed by atoms with Gasteiger partial charge in [-0.25, -0.2) is 9.97 Å². The lowest BCUT2D eigenvalue weighted by atomic mass is 10.3. The molecule has 0 bridgehead atoms. The van der Waals surface area contributed by atoms with Gasteiger partial charge in [-0.15, -0.1) is 0 Å². The molecule has 0 aromatic carbocycles. The number of rotatable bonds is 2. The van der Waals surface area contributed by atoms with Crippen LogP contribution in [0.2, 0.25) is 0 Å². The average molecular weight is 246 g/mol. The van der Waals surface area contributed by atoms with Crippen LogP contribution in [0.3, 0.4) is 0 Å². The number of pyridine rings is 1. The Kier molecular flexibility index (Phi) is 3.04. The van der Waals surface area contributed by atoms with Gasteiger partial charge in [-0.1, -0.05) is 0 Å². The number of aromatic nitrogens is 3. The van der Waals surface area contributed by atoms with Gasteiger partial charge in [-0.05, 0) is 12.1 Å². The molecule has 0 aliphatic carbocycles. The summed E-state index contributed by atoms with van der Waals surface area (Å²) in [6.45, 7) is 3.68. The fraction of sp³-hybridized carbons (Fsp3) is 0.417. The van der Waals surface area contributed by atoms with Crippen molar-refractivity contribution in [3.8, 4) is 0 Å². The topological polar surface area (TPSA) is 60.2 Å². The molecule has 0 spiro atoms. The molecule has 3 heterocycles. The smallest absolute Gasteiger partial charge is 0.263 e. The van der Waals surface area contributed by atoms with Crippen LogP contribution in [0.4, 0.5) is 0 Å². The first-order chi connectivity index (χ1) is 8.84. The first-order valence-electron chi connectivity index (χ1n) is 5.95. The van der Waals surface area contributed by atoms with E-state index in [1.54, 1.807) is 29.2 Å². The molecule has 6 nitrogen and oxygen atoms in total. The van der Waals surface area contributed by atoms with Gasteiger partial charge in [0, 0.05) is 19.3 Å². The first-order valence-corrected chi connectivity index (χ1v) is 5.95. The summed E-state index contributed by atoms with van der Waals surface area (Å²) in [5.74, 6) is 0. The number of ether oxygens (including phenoxy) is 1. The van der Waals surface area contributed by atoms with Gasteiger partial charge in [0.1, 0.15) is 6.33 Å². The summed E-state index contributed by atoms with van der Waals surface area (Å²) in [6.07, 6.45) is 3.20. The van der Waals surface area contributed by atoms with Gasteiger partial charge < -0.3 is 4.74 Å². The zero-order valence-corrected chi connectivity index (χ0v) is 9.95. The molecule has 0 saturated carbocycles. The van der Waals surface area contributed by atoms with E-state index >= 15 is 0 Å². The Balaban J connectivity index is 1.92. The van der Waals surface area contributed by atoms with E-state index in [9.17, 15) is 4.79 Å². The molecule has 1 aliphatic rings. The lowest BCUT2D eigenvalue weighted by Crippen LogP contribution is -2.40. The highest BCUT2D eigenvalue weighted by Crippen LogP contribution is 2.03. The molecule has 1 saturated heterocycles. The zero-order chi connectivity index (χ0) is 12.4. The number of morpholine rings is 1. The molecule has 1 fully saturated rings. The highest BCUT2D eigenvalue weighted by atomic mass is 16.5. The van der Waals surface area contributed by atoms with Crippen LogP contribution in [0, 0.1) is 0 Å². The molecule has 2 aromatic rings. The van der Waals surface area contributed by atoms with Crippen molar-refractivity contribution in [3.05, 3.63) is 35.0 Å². The number of hydrogen-bond donors (Lipinski definition) is 0. The molecule has 2 aromatic heterocycles. The maximum atomic E-state index is 12.2. The fourth-order valence-corrected chi connectivity index (χ4v) is 2.06. The Morgan fingerprint density at radius 2 is 2.11 bits per heavy atom. The van der Waals surface area contributed by atoms with E-state index in [0.717, 1.165) is 26.3 Å². The third-order valence-electron chi connectivity index (χ3n) is 3.05. The van der Waals surface area contributed by atoms with Crippen LogP contribution in [0.25, 0.3) is 11.0 Å². The average Bonchev–Trinajstić information content (AvgIpc) is 2.43. The predicted octanol–water partition coefficient (Wildman–Crippen LogP) is 0.0812. The molecular weight excluding hydrogens is 232 g/mol. The second kappa shape index (κ2) is 4.83. The molecule has 6 heteroatoms. The predicted molar refractivity (Wildman–Crippen MR) is 66.2 cm³/mol. The minimum atomic E-state index is -0.0420. The lowest BCUT2D eigenvalue weighted by Gasteiger charge is -2.26. The van der Waals surface area contributed by atoms with Crippen molar-refractivity contribution in [1.29, 1.82) is 0 Å². The Morgan fingerprint density at radius 3 is 2.94 bits per heavy atom. The van der Waals surface area contributed by atoms with Gasteiger partial charge in [0.2, 0.25) is 0 Å². The van der Waals surface area contributed by atoms with Crippen LogP contribution in [0.5, 0.6) is 0 Å². The van der Waals surface area contributed by atoms with Gasteiger partial charge >= 0.3 is 0 Å². The maximum Gasteiger partial charge on any atom is 0.263 e. The van der Waals surface area contributed by atoms with Crippen molar-refractivity contribution >= 4 is 11.0 Å². The van der Waals surface area contributed by atoms with Crippen LogP contribution in [0.1, 0.15) is 0 Å². The molecular formula is C12H14N4O2. The van der Waals surface area contributed by atoms with E-state index in [1.807, 2.05) is 0 Å². The molecule has 18 heavy (non-hydrogen) atoms. The van der Waals surface area contributed by atoms with Crippen LogP contribution in [-0.2, 0) is 11.4 Å². The third-order valence-corrected chi connectivity index (χ3v) is 3.05. The summed E-state index contributed by atoms with van der Waals surface area (Å²) in [7, 11) is 0. The SMILES string of the molecule is O=c1c2cccnc2ncn1CN1CCOCC1. The van der Waals surface area contributed by atoms with E-state index in [2.05, 4.69) is 14.9 Å². The summed E-state index contributed by atoms with van der Waals surface area (Å²) in [6, 6.07) is 3.51. The monoisotopic (exact) mass is 246 g/mol. The number of nitrogens with zero attached hydrogens (tertiary/aromatic N) is 4. The third kappa shape index (κ3) is 2.12. The van der Waals surface area contributed by atoms with E-state index in [1.165, 1.54) is 0 Å². The van der Waals surface area contributed by atoms with Gasteiger partial charge in [0.05, 0.1) is 25.3 Å². The van der Waals surface area contributed by atoms with Gasteiger partial charge in [-0.3, -0.25) is 14.3 Å². The molecule has 94 valence electrons. The summed E-state index contributed by atoms with van der Waals surface area (Å²) in [4.78, 5) is 22.7. The number of fused-ring (bicyclic) bond motifs is 1. The second-order valence-electron chi connectivity index (χ2n) is 4.27. The summed E-state index contributed by atoms with van der Waals surface area (Å²) in [5.41, 5.74) is 0.459. The van der Waals surface area contributed by atoms with Crippen molar-refractivity contribution in [1.82, 2.24) is 19.4 Å². The van der Waals surface area contributed by atoms with E-state index in [0.29, 0.717) is 17.7 Å². The highest BCUT2D eigenvalue weighted by molar-refractivity contribution is 5.72. The van der Waals surface area contributed by atoms with E-state index < -0.39 is 0 Å². The molecule has 0 radical (unpaired) electrons. The molecule has 0 unspecified atom stereocenters. The second-order valence-corrected chi connectivity index (χ2v) is 4.27. The highest BCUT2D eigenvalue weighted by Gasteiger charge is 2.12. The van der Waals surface area contributed by atoms with Crippen molar-refractivity contribution < 1.29 is 4.74 Å². The maximum absolute atomic E-state index is 12.2. The van der Waals surface area contributed by atoms with Crippen molar-refractivity contribution in [2.24, 2.45) is 0 Å². The first kappa shape index (κ1) is 11.3. The molecule has 0 N–H and O–H groups in total. The van der Waals surface area contributed by atoms with Crippen LogP contribution < -0.4 is 5.56 Å². The van der Waals surface area contributed by atoms with Gasteiger partial charge in [0.25, 0.3) is 5.56 Å². The quantitative estimate of drug-likeness (QED) is 0.751. The van der Waals surface area contributed by atoms with E-state index in [-0.39, 0.29) is 5.56 Å². The summed E-state index contributed by atoms with van der Waals surface area (Å²) in [5, 5.41) is 0.563. The van der Waals surface area contributed by atoms with Crippen molar-refractivity contribution in [2.45, 2.75) is 6.67 Å². The van der Waals surface area contributed by atoms with Crippen molar-refractivity contribution in [3.63, 3.8) is 0 Å². The minimum absolute atomic E-state index is 0.0420. The van der Waals surface area contributed by atoms with Crippen LogP contribution >= 0.6 is 0 Å². The van der Waals surface area contributed by atoms with Gasteiger partial charge in [-0.2, -0.15) is 0 Å². The van der Waals surface area contributed by atoms with Gasteiger partial charge in [0.15, 0.2) is 5.65 Å². The Labute approximate surface area is 104 Å². The molecule has 0 amide bonds. The van der Waals surface area contributed by atoms with E-state index in [4.69, 9.17) is 4.74 Å². The zero-order valence-electron chi connectivity index (χ0n) is 9.95. The number of hydrogen-bond acceptors (Lipinski definition) is 5. The normalized spacial score (nSPS) is 17.1. The van der Waals surface area contributed by atoms with Crippen LogP contribution in [-0.4, -0.2) is 45.7 Å². The Bertz CT molecular complexity index is 604. The fourth-order valence-electron chi connectivity index (χ4n) is 2.06. The summed E-state index contributed by atoms with van der Waals surface area (Å²) >= 11 is 0. The lowest BCUT2D eigenvalue weighted by molar-refractivity contribution is 0.0228. The standard InChI is InChI=1S/C12H14N4O2/c17-12-10-2-1-3-13-11(10)14-8-16(12)9-15-4-6-18-7-5-15/h1-3,8H,4-7,9H2. The Hall–Kier alpha value is -1.79. The largest absolute Gasteiger partial charge is 0.379 e. The Morgan fingerprint density at radius 1 is 1.28 bits per heavy atom. The molecule has 0 atom stereocenters. The molecule has 1 aliphatic heterocycles.